The molecule has 0 radical (unpaired) electrons. The van der Waals surface area contributed by atoms with Crippen molar-refractivity contribution in [3.8, 4) is 0 Å². The van der Waals surface area contributed by atoms with Gasteiger partial charge in [0.15, 0.2) is 0 Å². The van der Waals surface area contributed by atoms with Gasteiger partial charge in [-0.1, -0.05) is 0 Å². The molecule has 0 aromatic rings. The Morgan fingerprint density at radius 2 is 2.00 bits per heavy atom. The largest absolute Gasteiger partial charge is 0.481 e. The maximum Gasteiger partial charge on any atom is 0.471 e. The number of carboxylic acids is 1. The van der Waals surface area contributed by atoms with E-state index in [0.717, 1.165) is 0 Å². The van der Waals surface area contributed by atoms with E-state index in [1.807, 2.05) is 0 Å². The molecule has 0 aliphatic carbocycles. The van der Waals surface area contributed by atoms with Crippen LogP contribution in [0.1, 0.15) is 0 Å². The highest BCUT2D eigenvalue weighted by atomic mass is 19.4. The van der Waals surface area contributed by atoms with Crippen LogP contribution >= 0.6 is 0 Å². The number of carboxylic acid groups (broad SMARTS) is 1. The molecular formula is C7H7F3N2O4. The Morgan fingerprint density at radius 1 is 1.44 bits per heavy atom. The van der Waals surface area contributed by atoms with Gasteiger partial charge in [0.1, 0.15) is 12.0 Å². The summed E-state index contributed by atoms with van der Waals surface area (Å²) >= 11 is 0. The highest BCUT2D eigenvalue weighted by Crippen LogP contribution is 2.17. The van der Waals surface area contributed by atoms with Crippen molar-refractivity contribution >= 4 is 17.8 Å². The summed E-state index contributed by atoms with van der Waals surface area (Å²) in [7, 11) is 0. The van der Waals surface area contributed by atoms with Gasteiger partial charge in [-0.05, 0) is 0 Å². The van der Waals surface area contributed by atoms with Gasteiger partial charge in [-0.3, -0.25) is 14.4 Å². The van der Waals surface area contributed by atoms with E-state index in [4.69, 9.17) is 5.11 Å². The molecule has 2 atom stereocenters. The Morgan fingerprint density at radius 3 is 2.44 bits per heavy atom. The lowest BCUT2D eigenvalue weighted by molar-refractivity contribution is -0.175. The third-order valence-electron chi connectivity index (χ3n) is 2.04. The first-order valence-electron chi connectivity index (χ1n) is 4.11. The van der Waals surface area contributed by atoms with Crippen LogP contribution in [-0.4, -0.2) is 41.7 Å². The summed E-state index contributed by atoms with van der Waals surface area (Å²) in [5.41, 5.74) is 0. The van der Waals surface area contributed by atoms with E-state index in [9.17, 15) is 27.6 Å². The van der Waals surface area contributed by atoms with Crippen LogP contribution < -0.4 is 10.6 Å². The summed E-state index contributed by atoms with van der Waals surface area (Å²) in [6.07, 6.45) is -5.15. The zero-order chi connectivity index (χ0) is 12.5. The van der Waals surface area contributed by atoms with E-state index in [0.29, 0.717) is 0 Å². The Hall–Kier alpha value is -1.80. The summed E-state index contributed by atoms with van der Waals surface area (Å²) in [6, 6.07) is -1.69. The SMILES string of the molecule is O=C1NC[C@@H](C(=O)O)[C@@H]1NC(=O)C(F)(F)F. The lowest BCUT2D eigenvalue weighted by atomic mass is 10.0. The van der Waals surface area contributed by atoms with Gasteiger partial charge in [0.05, 0.1) is 0 Å². The molecule has 0 unspecified atom stereocenters. The predicted molar refractivity (Wildman–Crippen MR) is 42.1 cm³/mol. The molecule has 1 aliphatic heterocycles. The van der Waals surface area contributed by atoms with Crippen molar-refractivity contribution in [2.75, 3.05) is 6.54 Å². The second-order valence-corrected chi connectivity index (χ2v) is 3.14. The Kier molecular flexibility index (Phi) is 3.06. The van der Waals surface area contributed by atoms with Crippen molar-refractivity contribution in [2.24, 2.45) is 5.92 Å². The Labute approximate surface area is 86.8 Å². The van der Waals surface area contributed by atoms with E-state index in [1.165, 1.54) is 5.32 Å². The first kappa shape index (κ1) is 12.3. The topological polar surface area (TPSA) is 95.5 Å². The number of carbonyl (C=O) groups is 3. The standard InChI is InChI=1S/C7H7F3N2O4/c8-7(9,10)6(16)12-3-2(5(14)15)1-11-4(3)13/h2-3H,1H2,(H,11,13)(H,12,16)(H,14,15)/t2-,3+/m1/s1. The first-order chi connectivity index (χ1) is 7.23. The van der Waals surface area contributed by atoms with Crippen LogP contribution in [0.2, 0.25) is 0 Å². The van der Waals surface area contributed by atoms with Crippen LogP contribution in [0.5, 0.6) is 0 Å². The van der Waals surface area contributed by atoms with E-state index in [-0.39, 0.29) is 6.54 Å². The number of aliphatic carboxylic acids is 1. The molecule has 0 bridgehead atoms. The van der Waals surface area contributed by atoms with Crippen molar-refractivity contribution in [3.05, 3.63) is 0 Å². The summed E-state index contributed by atoms with van der Waals surface area (Å²) in [5, 5.41) is 12.0. The number of nitrogens with one attached hydrogen (secondary N) is 2. The van der Waals surface area contributed by atoms with Gasteiger partial charge < -0.3 is 15.7 Å². The van der Waals surface area contributed by atoms with Crippen LogP contribution in [0.3, 0.4) is 0 Å². The highest BCUT2D eigenvalue weighted by molar-refractivity contribution is 5.95. The molecule has 0 aromatic carbocycles. The second-order valence-electron chi connectivity index (χ2n) is 3.14. The normalized spacial score (nSPS) is 25.1. The molecule has 16 heavy (non-hydrogen) atoms. The minimum absolute atomic E-state index is 0.309. The number of halogens is 3. The zero-order valence-corrected chi connectivity index (χ0v) is 7.67. The molecule has 0 saturated carbocycles. The Bertz CT molecular complexity index is 341. The fourth-order valence-electron chi connectivity index (χ4n) is 1.24. The molecule has 1 saturated heterocycles. The summed E-state index contributed by atoms with van der Waals surface area (Å²) < 4.78 is 35.6. The number of rotatable bonds is 2. The molecule has 0 spiro atoms. The summed E-state index contributed by atoms with van der Waals surface area (Å²) in [6.45, 7) is -0.309. The van der Waals surface area contributed by atoms with Gasteiger partial charge in [0.25, 0.3) is 0 Å². The molecule has 1 rings (SSSR count). The average Bonchev–Trinajstić information content (AvgIpc) is 2.46. The van der Waals surface area contributed by atoms with E-state index >= 15 is 0 Å². The second kappa shape index (κ2) is 3.99. The number of hydrogen-bond acceptors (Lipinski definition) is 3. The van der Waals surface area contributed by atoms with Crippen molar-refractivity contribution < 1.29 is 32.7 Å². The van der Waals surface area contributed by atoms with Crippen LogP contribution in [-0.2, 0) is 14.4 Å². The van der Waals surface area contributed by atoms with E-state index < -0.39 is 35.9 Å². The van der Waals surface area contributed by atoms with Gasteiger partial charge in [0, 0.05) is 6.54 Å². The molecule has 90 valence electrons. The van der Waals surface area contributed by atoms with Gasteiger partial charge in [-0.2, -0.15) is 13.2 Å². The molecule has 3 N–H and O–H groups in total. The maximum atomic E-state index is 11.9. The maximum absolute atomic E-state index is 11.9. The molecule has 1 aliphatic rings. The molecule has 1 heterocycles. The lowest BCUT2D eigenvalue weighted by Gasteiger charge is -2.15. The molecule has 0 aromatic heterocycles. The molecule has 6 nitrogen and oxygen atoms in total. The molecule has 9 heteroatoms. The average molecular weight is 240 g/mol. The van der Waals surface area contributed by atoms with Crippen molar-refractivity contribution in [1.29, 1.82) is 0 Å². The van der Waals surface area contributed by atoms with Crippen molar-refractivity contribution in [1.82, 2.24) is 10.6 Å². The third kappa shape index (κ3) is 2.41. The minimum Gasteiger partial charge on any atom is -0.481 e. The van der Waals surface area contributed by atoms with Gasteiger partial charge in [0.2, 0.25) is 5.91 Å². The molecular weight excluding hydrogens is 233 g/mol. The number of hydrogen-bond donors (Lipinski definition) is 3. The fraction of sp³-hybridized carbons (Fsp3) is 0.571. The van der Waals surface area contributed by atoms with E-state index in [2.05, 4.69) is 5.32 Å². The zero-order valence-electron chi connectivity index (χ0n) is 7.67. The van der Waals surface area contributed by atoms with Gasteiger partial charge >= 0.3 is 18.1 Å². The lowest BCUT2D eigenvalue weighted by Crippen LogP contribution is -2.50. The van der Waals surface area contributed by atoms with Gasteiger partial charge in [-0.15, -0.1) is 0 Å². The number of alkyl halides is 3. The fourth-order valence-corrected chi connectivity index (χ4v) is 1.24. The predicted octanol–water partition coefficient (Wildman–Crippen LogP) is -1.14. The van der Waals surface area contributed by atoms with Crippen LogP contribution in [0.25, 0.3) is 0 Å². The minimum atomic E-state index is -5.15. The highest BCUT2D eigenvalue weighted by Gasteiger charge is 2.46. The summed E-state index contributed by atoms with van der Waals surface area (Å²) in [4.78, 5) is 32.1. The third-order valence-corrected chi connectivity index (χ3v) is 2.04. The Balaban J connectivity index is 2.75. The number of carbonyl (C=O) groups excluding carboxylic acids is 2. The van der Waals surface area contributed by atoms with Crippen molar-refractivity contribution in [3.63, 3.8) is 0 Å². The quantitative estimate of drug-likeness (QED) is 0.568. The monoisotopic (exact) mass is 240 g/mol. The van der Waals surface area contributed by atoms with Gasteiger partial charge in [-0.25, -0.2) is 0 Å². The molecule has 2 amide bonds. The number of amides is 2. The van der Waals surface area contributed by atoms with Crippen LogP contribution in [0.4, 0.5) is 13.2 Å². The smallest absolute Gasteiger partial charge is 0.471 e. The van der Waals surface area contributed by atoms with Crippen LogP contribution in [0.15, 0.2) is 0 Å². The van der Waals surface area contributed by atoms with E-state index in [1.54, 1.807) is 0 Å². The summed E-state index contributed by atoms with van der Waals surface area (Å²) in [5.74, 6) is -6.12. The van der Waals surface area contributed by atoms with Crippen molar-refractivity contribution in [2.45, 2.75) is 12.2 Å². The molecule has 1 fully saturated rings. The van der Waals surface area contributed by atoms with Crippen LogP contribution in [0, 0.1) is 5.92 Å². The first-order valence-corrected chi connectivity index (χ1v) is 4.11.